The van der Waals surface area contributed by atoms with Gasteiger partial charge < -0.3 is 4.74 Å². The minimum Gasteiger partial charge on any atom is -0.425 e. The summed E-state index contributed by atoms with van der Waals surface area (Å²) >= 11 is 0. The summed E-state index contributed by atoms with van der Waals surface area (Å²) in [6, 6.07) is 8.59. The van der Waals surface area contributed by atoms with Crippen molar-refractivity contribution in [3.63, 3.8) is 0 Å². The Labute approximate surface area is 158 Å². The van der Waals surface area contributed by atoms with E-state index in [4.69, 9.17) is 4.74 Å². The molecule has 1 nitrogen and oxygen atoms in total. The standard InChI is InChI=1S/C23H25F3O/c1-3-14-5-7-16(8-6-14)17-10-11-18-19-12-9-15(4-2)21(24)22(19)27-23(25,26)20(18)13-17/h9-14,16H,3-8H2,1-2H3. The Morgan fingerprint density at radius 3 is 2.37 bits per heavy atom. The average Bonchev–Trinajstić information content (AvgIpc) is 2.68. The number of fused-ring (bicyclic) bond motifs is 3. The largest absolute Gasteiger partial charge is 0.427 e. The van der Waals surface area contributed by atoms with E-state index in [1.807, 2.05) is 6.07 Å². The molecular weight excluding hydrogens is 349 g/mol. The van der Waals surface area contributed by atoms with Gasteiger partial charge in [0.2, 0.25) is 0 Å². The van der Waals surface area contributed by atoms with Gasteiger partial charge in [-0.1, -0.05) is 44.5 Å². The molecule has 4 heteroatoms. The molecule has 1 heterocycles. The summed E-state index contributed by atoms with van der Waals surface area (Å²) in [4.78, 5) is 0. The number of halogens is 3. The van der Waals surface area contributed by atoms with E-state index in [2.05, 4.69) is 6.92 Å². The Morgan fingerprint density at radius 1 is 1.00 bits per heavy atom. The average molecular weight is 374 g/mol. The van der Waals surface area contributed by atoms with Crippen LogP contribution in [0.5, 0.6) is 5.75 Å². The van der Waals surface area contributed by atoms with Crippen molar-refractivity contribution < 1.29 is 17.9 Å². The monoisotopic (exact) mass is 374 g/mol. The van der Waals surface area contributed by atoms with Crippen molar-refractivity contribution in [1.29, 1.82) is 0 Å². The zero-order chi connectivity index (χ0) is 19.2. The third kappa shape index (κ3) is 3.13. The van der Waals surface area contributed by atoms with E-state index in [1.165, 1.54) is 6.42 Å². The fraction of sp³-hybridized carbons (Fsp3) is 0.478. The summed E-state index contributed by atoms with van der Waals surface area (Å²) in [7, 11) is 0. The van der Waals surface area contributed by atoms with Gasteiger partial charge in [-0.3, -0.25) is 0 Å². The Bertz CT molecular complexity index is 851. The lowest BCUT2D eigenvalue weighted by atomic mass is 9.77. The fourth-order valence-corrected chi connectivity index (χ4v) is 4.56. The maximum absolute atomic E-state index is 14.8. The normalized spacial score (nSPS) is 23.3. The second-order valence-corrected chi connectivity index (χ2v) is 7.82. The number of hydrogen-bond donors (Lipinski definition) is 0. The smallest absolute Gasteiger partial charge is 0.425 e. The van der Waals surface area contributed by atoms with Gasteiger partial charge in [-0.05, 0) is 66.7 Å². The molecule has 4 rings (SSSR count). The van der Waals surface area contributed by atoms with E-state index in [-0.39, 0.29) is 11.3 Å². The molecular formula is C23H25F3O. The van der Waals surface area contributed by atoms with Crippen LogP contribution < -0.4 is 4.74 Å². The first-order chi connectivity index (χ1) is 12.9. The van der Waals surface area contributed by atoms with Crippen molar-refractivity contribution in [2.75, 3.05) is 0 Å². The number of rotatable bonds is 3. The van der Waals surface area contributed by atoms with Gasteiger partial charge in [-0.25, -0.2) is 4.39 Å². The molecule has 2 aromatic rings. The number of aryl methyl sites for hydroxylation is 1. The van der Waals surface area contributed by atoms with Gasteiger partial charge in [0.15, 0.2) is 11.6 Å². The van der Waals surface area contributed by atoms with Crippen LogP contribution in [0.2, 0.25) is 0 Å². The molecule has 0 radical (unpaired) electrons. The highest BCUT2D eigenvalue weighted by molar-refractivity contribution is 5.77. The Morgan fingerprint density at radius 2 is 1.70 bits per heavy atom. The van der Waals surface area contributed by atoms with Crippen LogP contribution in [-0.4, -0.2) is 0 Å². The topological polar surface area (TPSA) is 9.23 Å². The van der Waals surface area contributed by atoms with E-state index in [1.54, 1.807) is 31.2 Å². The lowest BCUT2D eigenvalue weighted by Gasteiger charge is -2.31. The molecule has 1 aliphatic heterocycles. The SMILES string of the molecule is CCc1ccc2c(c1F)OC(F)(F)c1cc(C3CCC(CC)CC3)ccc1-2. The van der Waals surface area contributed by atoms with Crippen LogP contribution in [0.4, 0.5) is 13.2 Å². The Kier molecular flexibility index (Phi) is 4.69. The molecule has 0 N–H and O–H groups in total. The highest BCUT2D eigenvalue weighted by Gasteiger charge is 2.43. The third-order valence-electron chi connectivity index (χ3n) is 6.33. The molecule has 0 unspecified atom stereocenters. The Balaban J connectivity index is 1.74. The molecule has 0 bridgehead atoms. The van der Waals surface area contributed by atoms with Gasteiger partial charge >= 0.3 is 6.11 Å². The molecule has 0 amide bonds. The molecule has 0 saturated heterocycles. The van der Waals surface area contributed by atoms with Crippen LogP contribution >= 0.6 is 0 Å². The molecule has 1 aliphatic carbocycles. The molecule has 2 aliphatic rings. The molecule has 144 valence electrons. The molecule has 0 aromatic heterocycles. The number of alkyl halides is 2. The fourth-order valence-electron chi connectivity index (χ4n) is 4.56. The summed E-state index contributed by atoms with van der Waals surface area (Å²) in [5.74, 6) is 0.0612. The molecule has 2 aromatic carbocycles. The quantitative estimate of drug-likeness (QED) is 0.553. The summed E-state index contributed by atoms with van der Waals surface area (Å²) < 4.78 is 49.0. The zero-order valence-electron chi connectivity index (χ0n) is 15.8. The van der Waals surface area contributed by atoms with Crippen molar-refractivity contribution in [1.82, 2.24) is 0 Å². The highest BCUT2D eigenvalue weighted by Crippen LogP contribution is 2.50. The summed E-state index contributed by atoms with van der Waals surface area (Å²) in [5.41, 5.74) is 1.97. The van der Waals surface area contributed by atoms with E-state index in [9.17, 15) is 13.2 Å². The first-order valence-electron chi connectivity index (χ1n) is 9.97. The summed E-state index contributed by atoms with van der Waals surface area (Å²) in [5, 5.41) is 0. The second-order valence-electron chi connectivity index (χ2n) is 7.82. The van der Waals surface area contributed by atoms with Crippen LogP contribution in [0.15, 0.2) is 30.3 Å². The molecule has 0 spiro atoms. The predicted molar refractivity (Wildman–Crippen MR) is 101 cm³/mol. The number of ether oxygens (including phenoxy) is 1. The van der Waals surface area contributed by atoms with Crippen LogP contribution in [0.1, 0.15) is 68.6 Å². The first-order valence-corrected chi connectivity index (χ1v) is 9.97. The van der Waals surface area contributed by atoms with Gasteiger partial charge in [0, 0.05) is 5.56 Å². The molecule has 0 atom stereocenters. The number of benzene rings is 2. The minimum atomic E-state index is -3.52. The molecule has 27 heavy (non-hydrogen) atoms. The third-order valence-corrected chi connectivity index (χ3v) is 6.33. The van der Waals surface area contributed by atoms with E-state index < -0.39 is 11.9 Å². The minimum absolute atomic E-state index is 0.145. The highest BCUT2D eigenvalue weighted by atomic mass is 19.3. The van der Waals surface area contributed by atoms with Gasteiger partial charge in [0.25, 0.3) is 0 Å². The number of hydrogen-bond acceptors (Lipinski definition) is 1. The van der Waals surface area contributed by atoms with Crippen molar-refractivity contribution in [2.24, 2.45) is 5.92 Å². The van der Waals surface area contributed by atoms with Crippen LogP contribution in [0.25, 0.3) is 11.1 Å². The second kappa shape index (κ2) is 6.88. The summed E-state index contributed by atoms with van der Waals surface area (Å²) in [6.45, 7) is 4.00. The Hall–Kier alpha value is -1.97. The van der Waals surface area contributed by atoms with Crippen LogP contribution in [0.3, 0.4) is 0 Å². The van der Waals surface area contributed by atoms with E-state index in [0.29, 0.717) is 29.0 Å². The maximum atomic E-state index is 14.8. The lowest BCUT2D eigenvalue weighted by molar-refractivity contribution is -0.188. The van der Waals surface area contributed by atoms with Gasteiger partial charge in [0.05, 0.1) is 5.56 Å². The van der Waals surface area contributed by atoms with Gasteiger partial charge in [-0.15, -0.1) is 0 Å². The van der Waals surface area contributed by atoms with Crippen LogP contribution in [0, 0.1) is 11.7 Å². The van der Waals surface area contributed by atoms with Crippen molar-refractivity contribution in [3.8, 4) is 16.9 Å². The van der Waals surface area contributed by atoms with Crippen molar-refractivity contribution in [3.05, 3.63) is 52.8 Å². The zero-order valence-corrected chi connectivity index (χ0v) is 15.8. The van der Waals surface area contributed by atoms with Crippen molar-refractivity contribution >= 4 is 0 Å². The molecule has 1 saturated carbocycles. The summed E-state index contributed by atoms with van der Waals surface area (Å²) in [6.07, 6.45) is 2.47. The van der Waals surface area contributed by atoms with Crippen LogP contribution in [-0.2, 0) is 12.5 Å². The first kappa shape index (κ1) is 18.4. The molecule has 1 fully saturated rings. The predicted octanol–water partition coefficient (Wildman–Crippen LogP) is 7.18. The van der Waals surface area contributed by atoms with Gasteiger partial charge in [-0.2, -0.15) is 8.78 Å². The van der Waals surface area contributed by atoms with E-state index in [0.717, 1.165) is 37.2 Å². The maximum Gasteiger partial charge on any atom is 0.427 e. The van der Waals surface area contributed by atoms with E-state index >= 15 is 0 Å². The lowest BCUT2D eigenvalue weighted by Crippen LogP contribution is -2.27. The van der Waals surface area contributed by atoms with Gasteiger partial charge in [0.1, 0.15) is 0 Å². The van der Waals surface area contributed by atoms with Crippen molar-refractivity contribution in [2.45, 2.75) is 64.4 Å².